The van der Waals surface area contributed by atoms with E-state index < -0.39 is 5.97 Å². The van der Waals surface area contributed by atoms with E-state index in [9.17, 15) is 9.90 Å². The van der Waals surface area contributed by atoms with E-state index in [1.54, 1.807) is 0 Å². The molecule has 1 aliphatic carbocycles. The van der Waals surface area contributed by atoms with Crippen LogP contribution in [0.15, 0.2) is 35.9 Å². The number of hydrogen-bond donors (Lipinski definition) is 2. The van der Waals surface area contributed by atoms with Crippen LogP contribution in [0.4, 0.5) is 0 Å². The number of benzene rings is 1. The Labute approximate surface area is 141 Å². The van der Waals surface area contributed by atoms with Gasteiger partial charge in [-0.25, -0.2) is 4.79 Å². The SMILES string of the molecule is O=C(O)C1=CCC[C@H]2CN3CCc4c([nH]c5ccccc45)[C@@H]3C[C@H]12. The molecule has 0 spiro atoms. The molecule has 3 aliphatic rings. The van der Waals surface area contributed by atoms with Crippen molar-refractivity contribution >= 4 is 16.9 Å². The highest BCUT2D eigenvalue weighted by Crippen LogP contribution is 2.47. The third kappa shape index (κ3) is 1.99. The van der Waals surface area contributed by atoms with Crippen molar-refractivity contribution in [2.24, 2.45) is 11.8 Å². The number of para-hydroxylation sites is 1. The first-order chi connectivity index (χ1) is 11.7. The first kappa shape index (κ1) is 14.3. The standard InChI is InChI=1S/C20H22N2O2/c23-20(24)15-6-3-4-12-11-22-9-8-14-13-5-1-2-7-17(13)21-19(14)18(22)10-16(12)15/h1-2,5-7,12,16,18,21H,3-4,8-11H2,(H,23,24)/t12-,16-,18-/m0/s1. The average molecular weight is 322 g/mol. The van der Waals surface area contributed by atoms with Crippen molar-refractivity contribution in [1.29, 1.82) is 0 Å². The van der Waals surface area contributed by atoms with Gasteiger partial charge in [0.25, 0.3) is 0 Å². The molecule has 3 atom stereocenters. The second-order valence-corrected chi connectivity index (χ2v) is 7.47. The fraction of sp³-hybridized carbons (Fsp3) is 0.450. The molecule has 0 radical (unpaired) electrons. The lowest BCUT2D eigenvalue weighted by Gasteiger charge is -2.47. The van der Waals surface area contributed by atoms with Gasteiger partial charge in [0.1, 0.15) is 0 Å². The number of aromatic nitrogens is 1. The summed E-state index contributed by atoms with van der Waals surface area (Å²) in [6, 6.07) is 8.86. The fourth-order valence-corrected chi connectivity index (χ4v) is 5.24. The predicted molar refractivity (Wildman–Crippen MR) is 92.9 cm³/mol. The van der Waals surface area contributed by atoms with Crippen molar-refractivity contribution in [1.82, 2.24) is 9.88 Å². The fourth-order valence-electron chi connectivity index (χ4n) is 5.24. The molecule has 0 unspecified atom stereocenters. The number of aromatic amines is 1. The van der Waals surface area contributed by atoms with E-state index in [-0.39, 0.29) is 5.92 Å². The summed E-state index contributed by atoms with van der Waals surface area (Å²) >= 11 is 0. The highest BCUT2D eigenvalue weighted by Gasteiger charge is 2.43. The van der Waals surface area contributed by atoms with Crippen LogP contribution in [-0.4, -0.2) is 34.0 Å². The molecule has 2 aromatic rings. The number of piperidine rings is 1. The third-order valence-corrected chi connectivity index (χ3v) is 6.33. The summed E-state index contributed by atoms with van der Waals surface area (Å²) in [5.41, 5.74) is 4.65. The Kier molecular flexibility index (Phi) is 3.10. The lowest BCUT2D eigenvalue weighted by Crippen LogP contribution is -2.47. The van der Waals surface area contributed by atoms with Crippen LogP contribution in [0, 0.1) is 11.8 Å². The summed E-state index contributed by atoms with van der Waals surface area (Å²) in [4.78, 5) is 17.9. The Hall–Kier alpha value is -2.07. The number of nitrogens with zero attached hydrogens (tertiary/aromatic N) is 1. The zero-order chi connectivity index (χ0) is 16.3. The van der Waals surface area contributed by atoms with Gasteiger partial charge in [0.2, 0.25) is 0 Å². The van der Waals surface area contributed by atoms with Crippen LogP contribution < -0.4 is 0 Å². The van der Waals surface area contributed by atoms with Gasteiger partial charge < -0.3 is 10.1 Å². The molecule has 0 saturated carbocycles. The molecular weight excluding hydrogens is 300 g/mol. The lowest BCUT2D eigenvalue weighted by atomic mass is 9.70. The van der Waals surface area contributed by atoms with Crippen molar-refractivity contribution in [2.45, 2.75) is 31.7 Å². The number of hydrogen-bond acceptors (Lipinski definition) is 2. The van der Waals surface area contributed by atoms with E-state index in [0.29, 0.717) is 17.5 Å². The Bertz CT molecular complexity index is 850. The second-order valence-electron chi connectivity index (χ2n) is 7.47. The first-order valence-electron chi connectivity index (χ1n) is 8.99. The predicted octanol–water partition coefficient (Wildman–Crippen LogP) is 3.51. The van der Waals surface area contributed by atoms with E-state index in [1.165, 1.54) is 22.2 Å². The van der Waals surface area contributed by atoms with Gasteiger partial charge in [-0.1, -0.05) is 24.3 Å². The Morgan fingerprint density at radius 2 is 2.17 bits per heavy atom. The highest BCUT2D eigenvalue weighted by molar-refractivity contribution is 5.87. The molecule has 0 amide bonds. The van der Waals surface area contributed by atoms with E-state index in [4.69, 9.17) is 0 Å². The average Bonchev–Trinajstić information content (AvgIpc) is 2.98. The maximum atomic E-state index is 11.7. The van der Waals surface area contributed by atoms with Crippen LogP contribution in [0.25, 0.3) is 10.9 Å². The smallest absolute Gasteiger partial charge is 0.331 e. The maximum Gasteiger partial charge on any atom is 0.331 e. The minimum Gasteiger partial charge on any atom is -0.478 e. The zero-order valence-corrected chi connectivity index (χ0v) is 13.7. The highest BCUT2D eigenvalue weighted by atomic mass is 16.4. The summed E-state index contributed by atoms with van der Waals surface area (Å²) in [5, 5.41) is 10.9. The van der Waals surface area contributed by atoms with Crippen molar-refractivity contribution in [3.63, 3.8) is 0 Å². The van der Waals surface area contributed by atoms with Gasteiger partial charge >= 0.3 is 5.97 Å². The number of allylic oxidation sites excluding steroid dienone is 1. The minimum atomic E-state index is -0.717. The number of aliphatic carboxylic acids is 1. The maximum absolute atomic E-state index is 11.7. The van der Waals surface area contributed by atoms with Crippen LogP contribution in [-0.2, 0) is 11.2 Å². The van der Waals surface area contributed by atoms with Crippen LogP contribution in [0.1, 0.15) is 36.6 Å². The zero-order valence-electron chi connectivity index (χ0n) is 13.7. The van der Waals surface area contributed by atoms with Gasteiger partial charge in [0.05, 0.1) is 6.04 Å². The van der Waals surface area contributed by atoms with Crippen LogP contribution in [0.2, 0.25) is 0 Å². The Balaban J connectivity index is 1.56. The van der Waals surface area contributed by atoms with Crippen LogP contribution in [0.5, 0.6) is 0 Å². The van der Waals surface area contributed by atoms with Gasteiger partial charge in [-0.15, -0.1) is 0 Å². The molecule has 1 aromatic carbocycles. The summed E-state index contributed by atoms with van der Waals surface area (Å²) in [7, 11) is 0. The Morgan fingerprint density at radius 3 is 3.04 bits per heavy atom. The number of carboxylic acids is 1. The molecule has 2 N–H and O–H groups in total. The molecule has 24 heavy (non-hydrogen) atoms. The van der Waals surface area contributed by atoms with Gasteiger partial charge in [0, 0.05) is 35.3 Å². The molecule has 4 heteroatoms. The van der Waals surface area contributed by atoms with Gasteiger partial charge in [-0.2, -0.15) is 0 Å². The summed E-state index contributed by atoms with van der Waals surface area (Å²) in [6.45, 7) is 2.13. The quantitative estimate of drug-likeness (QED) is 0.845. The van der Waals surface area contributed by atoms with E-state index >= 15 is 0 Å². The molecule has 2 aliphatic heterocycles. The largest absolute Gasteiger partial charge is 0.478 e. The van der Waals surface area contributed by atoms with Gasteiger partial charge in [-0.05, 0) is 49.1 Å². The van der Waals surface area contributed by atoms with Crippen molar-refractivity contribution in [2.75, 3.05) is 13.1 Å². The summed E-state index contributed by atoms with van der Waals surface area (Å²) in [6.07, 6.45) is 6.04. The number of nitrogens with one attached hydrogen (secondary N) is 1. The molecular formula is C20H22N2O2. The van der Waals surface area contributed by atoms with Gasteiger partial charge in [-0.3, -0.25) is 4.90 Å². The molecule has 1 fully saturated rings. The molecule has 4 nitrogen and oxygen atoms in total. The number of carbonyl (C=O) groups is 1. The van der Waals surface area contributed by atoms with Gasteiger partial charge in [0.15, 0.2) is 0 Å². The monoisotopic (exact) mass is 322 g/mol. The van der Waals surface area contributed by atoms with Crippen LogP contribution in [0.3, 0.4) is 0 Å². The minimum absolute atomic E-state index is 0.204. The van der Waals surface area contributed by atoms with Crippen molar-refractivity contribution < 1.29 is 9.90 Å². The van der Waals surface area contributed by atoms with Crippen molar-refractivity contribution in [3.8, 4) is 0 Å². The normalized spacial score (nSPS) is 29.5. The second kappa shape index (κ2) is 5.21. The molecule has 124 valence electrons. The van der Waals surface area contributed by atoms with E-state index in [0.717, 1.165) is 38.8 Å². The number of H-pyrrole nitrogens is 1. The lowest BCUT2D eigenvalue weighted by molar-refractivity contribution is -0.134. The third-order valence-electron chi connectivity index (χ3n) is 6.33. The molecule has 1 aromatic heterocycles. The number of fused-ring (bicyclic) bond motifs is 6. The molecule has 5 rings (SSSR count). The number of rotatable bonds is 1. The molecule has 0 bridgehead atoms. The topological polar surface area (TPSA) is 56.3 Å². The van der Waals surface area contributed by atoms with Crippen LogP contribution >= 0.6 is 0 Å². The Morgan fingerprint density at radius 1 is 1.29 bits per heavy atom. The van der Waals surface area contributed by atoms with Crippen molar-refractivity contribution in [3.05, 3.63) is 47.2 Å². The van der Waals surface area contributed by atoms with E-state index in [1.807, 2.05) is 6.08 Å². The summed E-state index contributed by atoms with van der Waals surface area (Å²) < 4.78 is 0. The van der Waals surface area contributed by atoms with E-state index in [2.05, 4.69) is 34.1 Å². The molecule has 1 saturated heterocycles. The molecule has 3 heterocycles. The number of carboxylic acid groups (broad SMARTS) is 1. The first-order valence-corrected chi connectivity index (χ1v) is 8.99. The summed E-state index contributed by atoms with van der Waals surface area (Å²) in [5.74, 6) is -0.0102.